The number of benzene rings is 3. The molecule has 1 aromatic heterocycles. The fourth-order valence-electron chi connectivity index (χ4n) is 3.79. The molecule has 5 nitrogen and oxygen atoms in total. The van der Waals surface area contributed by atoms with Gasteiger partial charge in [0.2, 0.25) is 10.0 Å². The van der Waals surface area contributed by atoms with Crippen molar-refractivity contribution in [3.05, 3.63) is 72.8 Å². The number of quaternary nitrogens is 1. The molecule has 0 saturated heterocycles. The lowest BCUT2D eigenvalue weighted by Gasteiger charge is -2.10. The first-order valence-corrected chi connectivity index (χ1v) is 12.4. The Morgan fingerprint density at radius 1 is 0.812 bits per heavy atom. The fraction of sp³-hybridized carbons (Fsp3) is 0.240. The Kier molecular flexibility index (Phi) is 8.07. The molecule has 3 N–H and O–H groups in total. The number of nitrogens with one attached hydrogen (secondary N) is 1. The lowest BCUT2D eigenvalue weighted by atomic mass is 10.1. The molecule has 0 amide bonds. The minimum Gasteiger partial charge on any atom is -1.00 e. The summed E-state index contributed by atoms with van der Waals surface area (Å²) in [6.07, 6.45) is 3.79. The van der Waals surface area contributed by atoms with E-state index in [1.165, 1.54) is 0 Å². The van der Waals surface area contributed by atoms with E-state index in [1.807, 2.05) is 60.7 Å². The van der Waals surface area contributed by atoms with Crippen molar-refractivity contribution in [2.45, 2.75) is 32.6 Å². The minimum atomic E-state index is -3.31. The quantitative estimate of drug-likeness (QED) is 0.224. The topological polar surface area (TPSA) is 75.7 Å². The molecule has 0 spiro atoms. The third-order valence-corrected chi connectivity index (χ3v) is 6.76. The SMILES string of the molecule is CCCCCCS(=O)(=O)Nc1ccc([NH2+]c2c3ccccc3nc3ccccc23)cc1.[Cl-]. The number of hydrogen-bond acceptors (Lipinski definition) is 3. The van der Waals surface area contributed by atoms with Crippen LogP contribution >= 0.6 is 0 Å². The van der Waals surface area contributed by atoms with Crippen LogP contribution < -0.4 is 22.4 Å². The predicted molar refractivity (Wildman–Crippen MR) is 128 cm³/mol. The number of nitrogens with two attached hydrogens (primary N) is 1. The van der Waals surface area contributed by atoms with Gasteiger partial charge >= 0.3 is 0 Å². The van der Waals surface area contributed by atoms with Gasteiger partial charge in [-0.25, -0.2) is 13.4 Å². The molecule has 0 aliphatic carbocycles. The largest absolute Gasteiger partial charge is 1.00 e. The second-order valence-electron chi connectivity index (χ2n) is 7.81. The zero-order valence-corrected chi connectivity index (χ0v) is 19.7. The van der Waals surface area contributed by atoms with E-state index in [-0.39, 0.29) is 18.2 Å². The highest BCUT2D eigenvalue weighted by atomic mass is 35.5. The second kappa shape index (κ2) is 10.8. The number of sulfonamides is 1. The highest BCUT2D eigenvalue weighted by Gasteiger charge is 2.14. The zero-order valence-electron chi connectivity index (χ0n) is 18.1. The Morgan fingerprint density at radius 2 is 1.41 bits per heavy atom. The van der Waals surface area contributed by atoms with Gasteiger partial charge in [0.1, 0.15) is 5.69 Å². The summed E-state index contributed by atoms with van der Waals surface area (Å²) in [5.74, 6) is 0.163. The molecule has 0 unspecified atom stereocenters. The Labute approximate surface area is 195 Å². The number of para-hydroxylation sites is 2. The second-order valence-corrected chi connectivity index (χ2v) is 9.65. The van der Waals surface area contributed by atoms with Gasteiger partial charge in [-0.15, -0.1) is 0 Å². The normalized spacial score (nSPS) is 11.4. The van der Waals surface area contributed by atoms with E-state index < -0.39 is 10.0 Å². The highest BCUT2D eigenvalue weighted by Crippen LogP contribution is 2.28. The summed E-state index contributed by atoms with van der Waals surface area (Å²) in [7, 11) is -3.31. The highest BCUT2D eigenvalue weighted by molar-refractivity contribution is 7.92. The standard InChI is InChI=1S/C25H27N3O2S.ClH/c1-2-3-4-9-18-31(29,30)28-20-16-14-19(15-17-20)26-25-21-10-5-7-12-23(21)27-24-13-8-6-11-22(24)25;/h5-8,10-17,28H,2-4,9,18H2,1H3,(H,26,27);1H. The van der Waals surface area contributed by atoms with Crippen LogP contribution in [0.25, 0.3) is 21.8 Å². The molecule has 0 aliphatic rings. The van der Waals surface area contributed by atoms with E-state index in [0.717, 1.165) is 52.4 Å². The summed E-state index contributed by atoms with van der Waals surface area (Å²) in [5.41, 5.74) is 4.63. The van der Waals surface area contributed by atoms with Gasteiger partial charge in [0.05, 0.1) is 27.6 Å². The summed E-state index contributed by atoms with van der Waals surface area (Å²) in [5, 5.41) is 4.33. The van der Waals surface area contributed by atoms with Gasteiger partial charge in [0.25, 0.3) is 0 Å². The van der Waals surface area contributed by atoms with E-state index >= 15 is 0 Å². The van der Waals surface area contributed by atoms with Crippen molar-refractivity contribution < 1.29 is 26.1 Å². The maximum Gasteiger partial charge on any atom is 0.232 e. The number of aromatic nitrogens is 1. The molecule has 168 valence electrons. The minimum absolute atomic E-state index is 0. The van der Waals surface area contributed by atoms with E-state index in [1.54, 1.807) is 0 Å². The van der Waals surface area contributed by atoms with Gasteiger partial charge in [-0.2, -0.15) is 0 Å². The smallest absolute Gasteiger partial charge is 0.232 e. The van der Waals surface area contributed by atoms with Gasteiger partial charge in [-0.3, -0.25) is 10.0 Å². The molecule has 4 rings (SSSR count). The van der Waals surface area contributed by atoms with Crippen LogP contribution in [0.3, 0.4) is 0 Å². The molecule has 32 heavy (non-hydrogen) atoms. The molecule has 4 aromatic rings. The lowest BCUT2D eigenvalue weighted by Crippen LogP contribution is -3.00. The first-order chi connectivity index (χ1) is 15.1. The van der Waals surface area contributed by atoms with Gasteiger partial charge < -0.3 is 12.4 Å². The third-order valence-electron chi connectivity index (χ3n) is 5.39. The molecule has 3 aromatic carbocycles. The van der Waals surface area contributed by atoms with Crippen LogP contribution in [-0.2, 0) is 10.0 Å². The maximum absolute atomic E-state index is 12.3. The van der Waals surface area contributed by atoms with Gasteiger partial charge in [-0.05, 0) is 42.8 Å². The number of pyridine rings is 1. The predicted octanol–water partition coefficient (Wildman–Crippen LogP) is 2.24. The summed E-state index contributed by atoms with van der Waals surface area (Å²) in [4.78, 5) is 4.77. The van der Waals surface area contributed by atoms with Crippen molar-refractivity contribution in [1.29, 1.82) is 0 Å². The van der Waals surface area contributed by atoms with Crippen LogP contribution in [0.4, 0.5) is 17.1 Å². The average molecular weight is 470 g/mol. The van der Waals surface area contributed by atoms with E-state index in [4.69, 9.17) is 4.98 Å². The Balaban J connectivity index is 0.00000289. The van der Waals surface area contributed by atoms with Crippen molar-refractivity contribution in [2.75, 3.05) is 10.5 Å². The number of nitrogens with zero attached hydrogens (tertiary/aromatic N) is 1. The number of halogens is 1. The van der Waals surface area contributed by atoms with Crippen molar-refractivity contribution in [2.24, 2.45) is 0 Å². The molecule has 0 fully saturated rings. The zero-order chi connectivity index (χ0) is 21.7. The number of anilines is 1. The fourth-order valence-corrected chi connectivity index (χ4v) is 4.97. The summed E-state index contributed by atoms with van der Waals surface area (Å²) < 4.78 is 27.3. The van der Waals surface area contributed by atoms with Gasteiger partial charge in [0, 0.05) is 17.8 Å². The third kappa shape index (κ3) is 5.76. The summed E-state index contributed by atoms with van der Waals surface area (Å²) in [6, 6.07) is 23.8. The average Bonchev–Trinajstić information content (AvgIpc) is 2.77. The van der Waals surface area contributed by atoms with E-state index in [9.17, 15) is 8.42 Å². The van der Waals surface area contributed by atoms with Gasteiger partial charge in [0.15, 0.2) is 5.69 Å². The van der Waals surface area contributed by atoms with Crippen LogP contribution in [0, 0.1) is 0 Å². The molecular formula is C25H28ClN3O2S. The van der Waals surface area contributed by atoms with Crippen LogP contribution in [0.1, 0.15) is 32.6 Å². The Bertz CT molecular complexity index is 1240. The van der Waals surface area contributed by atoms with E-state index in [0.29, 0.717) is 12.1 Å². The molecule has 0 aliphatic heterocycles. The molecule has 0 atom stereocenters. The first-order valence-electron chi connectivity index (χ1n) is 10.8. The van der Waals surface area contributed by atoms with E-state index in [2.05, 4.69) is 29.1 Å². The molecule has 0 saturated carbocycles. The summed E-state index contributed by atoms with van der Waals surface area (Å²) >= 11 is 0. The van der Waals surface area contributed by atoms with Crippen molar-refractivity contribution in [3.8, 4) is 0 Å². The lowest BCUT2D eigenvalue weighted by molar-refractivity contribution is -0.475. The number of hydrogen-bond donors (Lipinski definition) is 2. The summed E-state index contributed by atoms with van der Waals surface area (Å²) in [6.45, 7) is 2.11. The maximum atomic E-state index is 12.3. The first kappa shape index (κ1) is 24.0. The monoisotopic (exact) mass is 469 g/mol. The molecule has 0 bridgehead atoms. The van der Waals surface area contributed by atoms with Crippen LogP contribution in [0.15, 0.2) is 72.8 Å². The Morgan fingerprint density at radius 3 is 2.00 bits per heavy atom. The van der Waals surface area contributed by atoms with Crippen LogP contribution in [-0.4, -0.2) is 19.2 Å². The van der Waals surface area contributed by atoms with Crippen molar-refractivity contribution in [1.82, 2.24) is 4.98 Å². The number of fused-ring (bicyclic) bond motifs is 2. The Hall–Kier alpha value is -2.67. The van der Waals surface area contributed by atoms with Gasteiger partial charge in [-0.1, -0.05) is 50.5 Å². The molecule has 1 heterocycles. The number of unbranched alkanes of at least 4 members (excludes halogenated alkanes) is 3. The van der Waals surface area contributed by atoms with Crippen molar-refractivity contribution in [3.63, 3.8) is 0 Å². The van der Waals surface area contributed by atoms with Crippen LogP contribution in [0.2, 0.25) is 0 Å². The van der Waals surface area contributed by atoms with Crippen LogP contribution in [0.5, 0.6) is 0 Å². The molecule has 7 heteroatoms. The molecular weight excluding hydrogens is 442 g/mol. The number of rotatable bonds is 9. The molecule has 0 radical (unpaired) electrons. The van der Waals surface area contributed by atoms with Crippen molar-refractivity contribution >= 4 is 48.9 Å².